The molecule has 21 heavy (non-hydrogen) atoms. The lowest BCUT2D eigenvalue weighted by Crippen LogP contribution is -2.23. The zero-order valence-corrected chi connectivity index (χ0v) is 12.3. The lowest BCUT2D eigenvalue weighted by atomic mass is 9.94. The van der Waals surface area contributed by atoms with Crippen LogP contribution in [0.1, 0.15) is 22.3 Å². The summed E-state index contributed by atoms with van der Waals surface area (Å²) in [5.41, 5.74) is 4.77. The molecule has 3 heteroatoms. The van der Waals surface area contributed by atoms with Crippen LogP contribution in [-0.2, 0) is 25.8 Å². The van der Waals surface area contributed by atoms with Crippen LogP contribution in [0.25, 0.3) is 0 Å². The van der Waals surface area contributed by atoms with Crippen LogP contribution in [0.4, 0.5) is 0 Å². The van der Waals surface area contributed by atoms with E-state index in [1.165, 1.54) is 16.7 Å². The van der Waals surface area contributed by atoms with Crippen LogP contribution in [-0.4, -0.2) is 28.7 Å². The smallest absolute Gasteiger partial charge is 0.120 e. The fourth-order valence-corrected chi connectivity index (χ4v) is 3.06. The van der Waals surface area contributed by atoms with Gasteiger partial charge in [-0.3, -0.25) is 0 Å². The summed E-state index contributed by atoms with van der Waals surface area (Å²) < 4.78 is 0. The molecule has 0 bridgehead atoms. The Labute approximate surface area is 125 Å². The lowest BCUT2D eigenvalue weighted by molar-refractivity contribution is 0.321. The summed E-state index contributed by atoms with van der Waals surface area (Å²) in [4.78, 5) is 2.22. The van der Waals surface area contributed by atoms with E-state index in [0.717, 1.165) is 37.9 Å². The molecule has 0 radical (unpaired) electrons. The third kappa shape index (κ3) is 3.03. The van der Waals surface area contributed by atoms with Crippen molar-refractivity contribution in [2.75, 3.05) is 13.6 Å². The maximum Gasteiger partial charge on any atom is 0.120 e. The molecule has 1 aliphatic heterocycles. The predicted molar refractivity (Wildman–Crippen MR) is 83.7 cm³/mol. The van der Waals surface area contributed by atoms with Crippen LogP contribution in [0, 0.1) is 0 Å². The first-order valence-corrected chi connectivity index (χ1v) is 7.42. The third-order valence-corrected chi connectivity index (χ3v) is 4.29. The number of rotatable bonds is 0. The standard InChI is InChI=1S/C18H21NO2/c1-19-10-9-15-11-16(20)8-7-13(15)5-6-14-3-2-4-18(21)17(14)12-19/h2-4,7-8,11,20-21H,5-6,9-10,12H2,1H3. The van der Waals surface area contributed by atoms with Crippen molar-refractivity contribution < 1.29 is 10.2 Å². The highest BCUT2D eigenvalue weighted by atomic mass is 16.3. The molecular formula is C18H21NO2. The molecule has 0 spiro atoms. The Morgan fingerprint density at radius 2 is 1.71 bits per heavy atom. The van der Waals surface area contributed by atoms with Crippen molar-refractivity contribution >= 4 is 0 Å². The highest BCUT2D eigenvalue weighted by Gasteiger charge is 2.14. The summed E-state index contributed by atoms with van der Waals surface area (Å²) in [6, 6.07) is 11.5. The number of benzene rings is 2. The summed E-state index contributed by atoms with van der Waals surface area (Å²) in [5.74, 6) is 0.734. The van der Waals surface area contributed by atoms with Crippen LogP contribution < -0.4 is 0 Å². The molecule has 3 nitrogen and oxygen atoms in total. The second kappa shape index (κ2) is 5.78. The van der Waals surface area contributed by atoms with Crippen LogP contribution in [0.5, 0.6) is 11.5 Å². The molecule has 110 valence electrons. The van der Waals surface area contributed by atoms with Gasteiger partial charge in [-0.15, -0.1) is 0 Å². The minimum absolute atomic E-state index is 0.339. The Balaban J connectivity index is 1.98. The average Bonchev–Trinajstić information content (AvgIpc) is 2.46. The van der Waals surface area contributed by atoms with Crippen LogP contribution >= 0.6 is 0 Å². The zero-order valence-electron chi connectivity index (χ0n) is 12.3. The van der Waals surface area contributed by atoms with E-state index in [1.54, 1.807) is 12.1 Å². The first-order valence-electron chi connectivity index (χ1n) is 7.42. The van der Waals surface area contributed by atoms with Crippen LogP contribution in [0.2, 0.25) is 0 Å². The van der Waals surface area contributed by atoms with Crippen molar-refractivity contribution in [2.45, 2.75) is 25.8 Å². The number of phenols is 2. The molecule has 2 N–H and O–H groups in total. The van der Waals surface area contributed by atoms with Gasteiger partial charge in [-0.05, 0) is 61.2 Å². The van der Waals surface area contributed by atoms with E-state index >= 15 is 0 Å². The van der Waals surface area contributed by atoms with E-state index in [1.807, 2.05) is 18.2 Å². The Morgan fingerprint density at radius 3 is 2.57 bits per heavy atom. The largest absolute Gasteiger partial charge is 0.508 e. The second-order valence-electron chi connectivity index (χ2n) is 5.86. The number of hydrogen-bond donors (Lipinski definition) is 2. The van der Waals surface area contributed by atoms with Crippen LogP contribution in [0.15, 0.2) is 36.4 Å². The maximum atomic E-state index is 10.1. The molecule has 3 rings (SSSR count). The van der Waals surface area contributed by atoms with E-state index in [0.29, 0.717) is 11.5 Å². The quantitative estimate of drug-likeness (QED) is 0.781. The first kappa shape index (κ1) is 14.0. The van der Waals surface area contributed by atoms with Gasteiger partial charge in [0, 0.05) is 18.7 Å². The number of hydrogen-bond acceptors (Lipinski definition) is 3. The summed E-state index contributed by atoms with van der Waals surface area (Å²) in [6.07, 6.45) is 2.77. The van der Waals surface area contributed by atoms with Gasteiger partial charge in [-0.1, -0.05) is 18.2 Å². The number of nitrogens with zero attached hydrogens (tertiary/aromatic N) is 1. The van der Waals surface area contributed by atoms with Crippen molar-refractivity contribution in [3.05, 3.63) is 58.7 Å². The average molecular weight is 283 g/mol. The number of aryl methyl sites for hydroxylation is 2. The lowest BCUT2D eigenvalue weighted by Gasteiger charge is -2.22. The first-order chi connectivity index (χ1) is 10.1. The van der Waals surface area contributed by atoms with Crippen LogP contribution in [0.3, 0.4) is 0 Å². The van der Waals surface area contributed by atoms with Gasteiger partial charge in [0.25, 0.3) is 0 Å². The van der Waals surface area contributed by atoms with E-state index in [2.05, 4.69) is 18.0 Å². The number of phenolic OH excluding ortho intramolecular Hbond substituents is 2. The molecule has 0 amide bonds. The van der Waals surface area contributed by atoms with Crippen molar-refractivity contribution in [3.8, 4) is 11.5 Å². The van der Waals surface area contributed by atoms with E-state index < -0.39 is 0 Å². The fourth-order valence-electron chi connectivity index (χ4n) is 3.06. The van der Waals surface area contributed by atoms with Gasteiger partial charge in [0.1, 0.15) is 11.5 Å². The molecule has 0 fully saturated rings. The summed E-state index contributed by atoms with van der Waals surface area (Å²) in [5, 5.41) is 19.8. The molecule has 1 heterocycles. The Morgan fingerprint density at radius 1 is 0.905 bits per heavy atom. The normalized spacial score (nSPS) is 16.0. The van der Waals surface area contributed by atoms with Crippen molar-refractivity contribution in [2.24, 2.45) is 0 Å². The van der Waals surface area contributed by atoms with Gasteiger partial charge >= 0.3 is 0 Å². The molecule has 1 aliphatic rings. The van der Waals surface area contributed by atoms with E-state index in [4.69, 9.17) is 0 Å². The van der Waals surface area contributed by atoms with Gasteiger partial charge in [0.2, 0.25) is 0 Å². The summed E-state index contributed by atoms with van der Waals surface area (Å²) in [6.45, 7) is 1.67. The highest BCUT2D eigenvalue weighted by molar-refractivity contribution is 5.41. The fraction of sp³-hybridized carbons (Fsp3) is 0.333. The SMILES string of the molecule is CN1CCc2cc(O)ccc2CCc2cccc(O)c2C1. The third-order valence-electron chi connectivity index (χ3n) is 4.29. The van der Waals surface area contributed by atoms with Crippen molar-refractivity contribution in [1.29, 1.82) is 0 Å². The Hall–Kier alpha value is -2.00. The molecular weight excluding hydrogens is 262 g/mol. The number of fused-ring (bicyclic) bond motifs is 2. The molecule has 0 aromatic heterocycles. The molecule has 2 aromatic rings. The molecule has 2 aromatic carbocycles. The summed E-state index contributed by atoms with van der Waals surface area (Å²) >= 11 is 0. The number of likely N-dealkylation sites (N-methyl/N-ethyl adjacent to an activating group) is 1. The number of aromatic hydroxyl groups is 2. The monoisotopic (exact) mass is 283 g/mol. The molecule has 0 saturated heterocycles. The molecule has 0 saturated carbocycles. The Bertz CT molecular complexity index is 652. The molecule has 0 atom stereocenters. The van der Waals surface area contributed by atoms with Gasteiger partial charge in [0.15, 0.2) is 0 Å². The minimum Gasteiger partial charge on any atom is -0.508 e. The van der Waals surface area contributed by atoms with E-state index in [9.17, 15) is 10.2 Å². The Kier molecular flexibility index (Phi) is 3.84. The molecule has 0 aliphatic carbocycles. The molecule has 0 unspecified atom stereocenters. The zero-order chi connectivity index (χ0) is 14.8. The highest BCUT2D eigenvalue weighted by Crippen LogP contribution is 2.26. The summed E-state index contributed by atoms with van der Waals surface area (Å²) in [7, 11) is 2.07. The van der Waals surface area contributed by atoms with Crippen molar-refractivity contribution in [3.63, 3.8) is 0 Å². The second-order valence-corrected chi connectivity index (χ2v) is 5.86. The van der Waals surface area contributed by atoms with Gasteiger partial charge in [-0.25, -0.2) is 0 Å². The minimum atomic E-state index is 0.339. The van der Waals surface area contributed by atoms with Gasteiger partial charge < -0.3 is 15.1 Å². The van der Waals surface area contributed by atoms with Gasteiger partial charge in [-0.2, -0.15) is 0 Å². The van der Waals surface area contributed by atoms with Crippen molar-refractivity contribution in [1.82, 2.24) is 4.90 Å². The topological polar surface area (TPSA) is 43.7 Å². The maximum absolute atomic E-state index is 10.1. The van der Waals surface area contributed by atoms with Gasteiger partial charge in [0.05, 0.1) is 0 Å². The predicted octanol–water partition coefficient (Wildman–Crippen LogP) is 2.87. The van der Waals surface area contributed by atoms with E-state index in [-0.39, 0.29) is 0 Å².